The number of rotatable bonds is 6. The fourth-order valence-corrected chi connectivity index (χ4v) is 5.53. The molecule has 0 saturated heterocycles. The van der Waals surface area contributed by atoms with E-state index in [-0.39, 0.29) is 16.0 Å². The fraction of sp³-hybridized carbons (Fsp3) is 0.421. The van der Waals surface area contributed by atoms with E-state index in [1.165, 1.54) is 42.1 Å². The van der Waals surface area contributed by atoms with E-state index in [9.17, 15) is 18.5 Å². The third-order valence-electron chi connectivity index (χ3n) is 4.47. The highest BCUT2D eigenvalue weighted by Gasteiger charge is 2.24. The Balaban J connectivity index is 2.07. The van der Waals surface area contributed by atoms with Crippen LogP contribution in [0.1, 0.15) is 37.8 Å². The van der Waals surface area contributed by atoms with Crippen LogP contribution < -0.4 is 4.80 Å². The molecule has 1 aromatic heterocycles. The lowest BCUT2D eigenvalue weighted by atomic mass is 9.93. The Morgan fingerprint density at radius 3 is 2.53 bits per heavy atom. The lowest BCUT2D eigenvalue weighted by Crippen LogP contribution is -2.22. The molecule has 30 heavy (non-hydrogen) atoms. The van der Waals surface area contributed by atoms with Crippen molar-refractivity contribution < 1.29 is 22.8 Å². The lowest BCUT2D eigenvalue weighted by molar-refractivity contribution is -0.385. The zero-order valence-corrected chi connectivity index (χ0v) is 18.7. The van der Waals surface area contributed by atoms with Crippen LogP contribution in [0.4, 0.5) is 5.69 Å². The molecule has 0 unspecified atom stereocenters. The van der Waals surface area contributed by atoms with Crippen LogP contribution in [0, 0.1) is 17.0 Å². The van der Waals surface area contributed by atoms with Gasteiger partial charge in [-0.05, 0) is 18.4 Å². The van der Waals surface area contributed by atoms with Gasteiger partial charge in [-0.25, -0.2) is 0 Å². The van der Waals surface area contributed by atoms with Gasteiger partial charge in [0.25, 0.3) is 15.7 Å². The number of benzene rings is 1. The summed E-state index contributed by atoms with van der Waals surface area (Å²) in [7, 11) is -4.14. The number of nitro groups is 1. The zero-order chi connectivity index (χ0) is 22.1. The predicted molar refractivity (Wildman–Crippen MR) is 111 cm³/mol. The summed E-state index contributed by atoms with van der Waals surface area (Å²) < 4.78 is 42.3. The molecule has 0 radical (unpaired) electrons. The molecule has 11 heteroatoms. The molecule has 2 aromatic rings. The maximum absolute atomic E-state index is 12.9. The van der Waals surface area contributed by atoms with E-state index in [1.807, 2.05) is 32.3 Å². The van der Waals surface area contributed by atoms with E-state index in [0.29, 0.717) is 17.8 Å². The van der Waals surface area contributed by atoms with Gasteiger partial charge in [0.2, 0.25) is 11.1 Å². The van der Waals surface area contributed by atoms with Gasteiger partial charge < -0.3 is 14.0 Å². The molecule has 0 amide bonds. The molecule has 0 bridgehead atoms. The minimum Gasteiger partial charge on any atom is -0.459 e. The van der Waals surface area contributed by atoms with Crippen LogP contribution in [-0.4, -0.2) is 24.2 Å². The quantitative estimate of drug-likeness (QED) is 0.488. The second-order valence-electron chi connectivity index (χ2n) is 7.78. The fourth-order valence-electron chi connectivity index (χ4n) is 3.07. The molecule has 1 aliphatic rings. The second-order valence-corrected chi connectivity index (χ2v) is 10.4. The summed E-state index contributed by atoms with van der Waals surface area (Å²) in [6, 6.07) is 4.88. The van der Waals surface area contributed by atoms with Crippen molar-refractivity contribution >= 4 is 27.0 Å². The molecule has 0 atom stereocenters. The third-order valence-corrected chi connectivity index (χ3v) is 7.45. The van der Waals surface area contributed by atoms with Crippen molar-refractivity contribution in [1.82, 2.24) is 4.57 Å². The van der Waals surface area contributed by atoms with Crippen molar-refractivity contribution in [2.24, 2.45) is 4.40 Å². The highest BCUT2D eigenvalue weighted by Crippen LogP contribution is 2.29. The molecule has 3 rings (SSSR count). The Morgan fingerprint density at radius 1 is 1.27 bits per heavy atom. The molecule has 1 aromatic carbocycles. The molecule has 9 nitrogen and oxygen atoms in total. The monoisotopic (exact) mass is 453 g/mol. The predicted octanol–water partition coefficient (Wildman–Crippen LogP) is 3.59. The first-order chi connectivity index (χ1) is 14.0. The van der Waals surface area contributed by atoms with Crippen molar-refractivity contribution in [2.75, 3.05) is 0 Å². The first kappa shape index (κ1) is 22.0. The number of aromatic nitrogens is 1. The maximum atomic E-state index is 12.9. The minimum atomic E-state index is -4.14. The Morgan fingerprint density at radius 2 is 1.93 bits per heavy atom. The first-order valence-electron chi connectivity index (χ1n) is 9.21. The SMILES string of the molecule is Cc1c(C(C)(C)C)s/c(=N\S(=O)(=O)c2cccc([N+](=O)[O-])c2)n1CCC1OC=CO1. The van der Waals surface area contributed by atoms with E-state index >= 15 is 0 Å². The largest absolute Gasteiger partial charge is 0.459 e. The molecule has 2 heterocycles. The third kappa shape index (κ3) is 4.73. The Hall–Kier alpha value is -2.66. The van der Waals surface area contributed by atoms with Crippen LogP contribution in [0.2, 0.25) is 0 Å². The molecule has 0 aliphatic carbocycles. The van der Waals surface area contributed by atoms with Crippen molar-refractivity contribution in [3.05, 3.63) is 62.3 Å². The van der Waals surface area contributed by atoms with Crippen LogP contribution in [-0.2, 0) is 31.5 Å². The van der Waals surface area contributed by atoms with Gasteiger partial charge >= 0.3 is 0 Å². The van der Waals surface area contributed by atoms with Gasteiger partial charge in [0, 0.05) is 35.7 Å². The number of ether oxygens (including phenoxy) is 2. The summed E-state index contributed by atoms with van der Waals surface area (Å²) in [5, 5.41) is 11.0. The van der Waals surface area contributed by atoms with Crippen LogP contribution >= 0.6 is 11.3 Å². The average molecular weight is 454 g/mol. The smallest absolute Gasteiger partial charge is 0.285 e. The average Bonchev–Trinajstić information content (AvgIpc) is 3.28. The molecule has 0 saturated carbocycles. The van der Waals surface area contributed by atoms with E-state index < -0.39 is 21.2 Å². The van der Waals surface area contributed by atoms with Gasteiger partial charge in [0.15, 0.2) is 0 Å². The number of nitrogens with zero attached hydrogens (tertiary/aromatic N) is 3. The van der Waals surface area contributed by atoms with Crippen LogP contribution in [0.5, 0.6) is 0 Å². The van der Waals surface area contributed by atoms with E-state index in [1.54, 1.807) is 0 Å². The summed E-state index contributed by atoms with van der Waals surface area (Å²) in [5.74, 6) is 0. The highest BCUT2D eigenvalue weighted by atomic mass is 32.2. The first-order valence-corrected chi connectivity index (χ1v) is 11.5. The highest BCUT2D eigenvalue weighted by molar-refractivity contribution is 7.90. The molecule has 0 spiro atoms. The van der Waals surface area contributed by atoms with Gasteiger partial charge in [0.1, 0.15) is 12.5 Å². The number of nitro benzene ring substituents is 1. The van der Waals surface area contributed by atoms with Crippen LogP contribution in [0.3, 0.4) is 0 Å². The van der Waals surface area contributed by atoms with Crippen molar-refractivity contribution in [2.45, 2.75) is 57.3 Å². The Bertz CT molecular complexity index is 1150. The summed E-state index contributed by atoms with van der Waals surface area (Å²) in [6.45, 7) is 8.49. The minimum absolute atomic E-state index is 0.207. The molecular weight excluding hydrogens is 430 g/mol. The number of hydrogen-bond donors (Lipinski definition) is 0. The van der Waals surface area contributed by atoms with E-state index in [4.69, 9.17) is 9.47 Å². The Kier molecular flexibility index (Phi) is 6.04. The Labute approximate surface area is 178 Å². The number of thiazole rings is 1. The second kappa shape index (κ2) is 8.23. The molecule has 162 valence electrons. The van der Waals surface area contributed by atoms with Gasteiger partial charge in [0.05, 0.1) is 9.82 Å². The molecular formula is C19H23N3O6S2. The van der Waals surface area contributed by atoms with Crippen molar-refractivity contribution in [1.29, 1.82) is 0 Å². The molecule has 0 N–H and O–H groups in total. The normalized spacial score (nSPS) is 15.3. The van der Waals surface area contributed by atoms with Crippen LogP contribution in [0.15, 0.2) is 46.1 Å². The zero-order valence-electron chi connectivity index (χ0n) is 17.1. The van der Waals surface area contributed by atoms with Gasteiger partial charge in [-0.1, -0.05) is 26.8 Å². The van der Waals surface area contributed by atoms with Crippen molar-refractivity contribution in [3.63, 3.8) is 0 Å². The summed E-state index contributed by atoms with van der Waals surface area (Å²) >= 11 is 1.29. The topological polar surface area (TPSA) is 113 Å². The van der Waals surface area contributed by atoms with E-state index in [0.717, 1.165) is 16.6 Å². The summed E-state index contributed by atoms with van der Waals surface area (Å²) in [5.41, 5.74) is 0.396. The maximum Gasteiger partial charge on any atom is 0.285 e. The van der Waals surface area contributed by atoms with Crippen LogP contribution in [0.25, 0.3) is 0 Å². The van der Waals surface area contributed by atoms with Gasteiger partial charge in [-0.2, -0.15) is 8.42 Å². The van der Waals surface area contributed by atoms with Crippen molar-refractivity contribution in [3.8, 4) is 0 Å². The summed E-state index contributed by atoms with van der Waals surface area (Å²) in [4.78, 5) is 11.5. The standard InChI is InChI=1S/C19H23N3O6S2/c1-13-17(19(2,3)4)29-18(21(13)9-8-16-27-10-11-28-16)20-30(25,26)15-7-5-6-14(12-15)22(23)24/h5-7,10-12,16H,8-9H2,1-4H3/b20-18-. The number of hydrogen-bond acceptors (Lipinski definition) is 7. The summed E-state index contributed by atoms with van der Waals surface area (Å²) in [6.07, 6.45) is 3.00. The molecule has 1 aliphatic heterocycles. The van der Waals surface area contributed by atoms with E-state index in [2.05, 4.69) is 4.40 Å². The van der Waals surface area contributed by atoms with Gasteiger partial charge in [-0.3, -0.25) is 10.1 Å². The molecule has 0 fully saturated rings. The number of non-ortho nitro benzene ring substituents is 1. The van der Waals surface area contributed by atoms with Gasteiger partial charge in [-0.15, -0.1) is 15.7 Å². The lowest BCUT2D eigenvalue weighted by Gasteiger charge is -2.18. The number of sulfonamides is 1.